The SMILES string of the molecule is CCCCCCCCCC[C@@H](O)CN(CCCCC(NC(=O)C(F)(F)F)C(=O)O)C[C@H](O)CCCCCCCCCC. The van der Waals surface area contributed by atoms with Gasteiger partial charge >= 0.3 is 18.1 Å². The molecule has 1 unspecified atom stereocenters. The maximum absolute atomic E-state index is 12.5. The van der Waals surface area contributed by atoms with E-state index in [-0.39, 0.29) is 12.8 Å². The first-order valence-electron chi connectivity index (χ1n) is 16.7. The highest BCUT2D eigenvalue weighted by molar-refractivity contribution is 5.86. The van der Waals surface area contributed by atoms with Crippen molar-refractivity contribution >= 4 is 11.9 Å². The largest absolute Gasteiger partial charge is 0.480 e. The van der Waals surface area contributed by atoms with Gasteiger partial charge in [-0.05, 0) is 38.6 Å². The quantitative estimate of drug-likeness (QED) is 0.0658. The number of carboxylic acids is 1. The van der Waals surface area contributed by atoms with Crippen molar-refractivity contribution < 1.29 is 38.1 Å². The summed E-state index contributed by atoms with van der Waals surface area (Å²) in [4.78, 5) is 24.5. The van der Waals surface area contributed by atoms with E-state index in [2.05, 4.69) is 13.8 Å². The molecule has 0 aliphatic heterocycles. The molecule has 0 saturated carbocycles. The molecule has 7 nitrogen and oxygen atoms in total. The number of hydrogen-bond acceptors (Lipinski definition) is 5. The first-order valence-corrected chi connectivity index (χ1v) is 16.7. The summed E-state index contributed by atoms with van der Waals surface area (Å²) in [6, 6.07) is -1.62. The molecule has 0 spiro atoms. The Kier molecular flexibility index (Phi) is 25.2. The molecule has 10 heteroatoms. The summed E-state index contributed by atoms with van der Waals surface area (Å²) < 4.78 is 37.6. The zero-order valence-electron chi connectivity index (χ0n) is 26.4. The number of aliphatic carboxylic acids is 1. The highest BCUT2D eigenvalue weighted by Gasteiger charge is 2.40. The lowest BCUT2D eigenvalue weighted by Crippen LogP contribution is -2.46. The Hall–Kier alpha value is -1.39. The number of hydrogen-bond donors (Lipinski definition) is 4. The third-order valence-electron chi connectivity index (χ3n) is 7.80. The fraction of sp³-hybridized carbons (Fsp3) is 0.938. The minimum Gasteiger partial charge on any atom is -0.480 e. The zero-order chi connectivity index (χ0) is 31.6. The topological polar surface area (TPSA) is 110 Å². The summed E-state index contributed by atoms with van der Waals surface area (Å²) in [5.74, 6) is -3.77. The number of unbranched alkanes of at least 4 members (excludes halogenated alkanes) is 15. The predicted molar refractivity (Wildman–Crippen MR) is 162 cm³/mol. The van der Waals surface area contributed by atoms with E-state index in [1.54, 1.807) is 5.32 Å². The molecule has 0 rings (SSSR count). The standard InChI is InChI=1S/C32H61F3N2O5/c1-3-5-7-9-11-13-15-17-21-27(38)25-37(26-28(39)22-18-16-14-12-10-8-6-4-2)24-20-19-23-29(30(40)41)36-31(42)32(33,34)35/h27-29,38-39H,3-26H2,1-2H3,(H,36,42)(H,40,41)/t27-,28-,29?/m1/s1. The molecular formula is C32H61F3N2O5. The smallest absolute Gasteiger partial charge is 0.471 e. The van der Waals surface area contributed by atoms with Crippen molar-refractivity contribution in [3.05, 3.63) is 0 Å². The average molecular weight is 611 g/mol. The lowest BCUT2D eigenvalue weighted by molar-refractivity contribution is -0.175. The molecule has 0 saturated heterocycles. The van der Waals surface area contributed by atoms with Crippen LogP contribution >= 0.6 is 0 Å². The Morgan fingerprint density at radius 1 is 0.643 bits per heavy atom. The Morgan fingerprint density at radius 3 is 1.40 bits per heavy atom. The van der Waals surface area contributed by atoms with E-state index in [1.807, 2.05) is 4.90 Å². The van der Waals surface area contributed by atoms with Crippen LogP contribution in [0.4, 0.5) is 13.2 Å². The van der Waals surface area contributed by atoms with Gasteiger partial charge < -0.3 is 20.6 Å². The van der Waals surface area contributed by atoms with Gasteiger partial charge in [0.2, 0.25) is 0 Å². The maximum atomic E-state index is 12.5. The molecule has 3 atom stereocenters. The van der Waals surface area contributed by atoms with E-state index in [0.29, 0.717) is 38.9 Å². The molecule has 0 aliphatic rings. The van der Waals surface area contributed by atoms with Gasteiger partial charge in [-0.2, -0.15) is 13.2 Å². The van der Waals surface area contributed by atoms with Crippen LogP contribution in [0.2, 0.25) is 0 Å². The van der Waals surface area contributed by atoms with Crippen LogP contribution in [-0.2, 0) is 9.59 Å². The van der Waals surface area contributed by atoms with E-state index in [1.165, 1.54) is 64.2 Å². The molecule has 42 heavy (non-hydrogen) atoms. The van der Waals surface area contributed by atoms with E-state index < -0.39 is 36.3 Å². The molecule has 0 bridgehead atoms. The monoisotopic (exact) mass is 610 g/mol. The summed E-state index contributed by atoms with van der Waals surface area (Å²) in [6.07, 6.45) is 14.6. The van der Waals surface area contributed by atoms with Crippen molar-refractivity contribution in [2.45, 2.75) is 173 Å². The molecule has 4 N–H and O–H groups in total. The van der Waals surface area contributed by atoms with Gasteiger partial charge in [-0.3, -0.25) is 9.69 Å². The summed E-state index contributed by atoms with van der Waals surface area (Å²) in [5, 5.41) is 32.1. The molecule has 250 valence electrons. The molecule has 0 fully saturated rings. The molecule has 0 aromatic heterocycles. The third-order valence-corrected chi connectivity index (χ3v) is 7.80. The normalized spacial score (nSPS) is 14.2. The lowest BCUT2D eigenvalue weighted by Gasteiger charge is -2.27. The summed E-state index contributed by atoms with van der Waals surface area (Å²) >= 11 is 0. The zero-order valence-corrected chi connectivity index (χ0v) is 26.4. The van der Waals surface area contributed by atoms with Crippen molar-refractivity contribution in [1.29, 1.82) is 0 Å². The Labute approximate surface area is 253 Å². The molecule has 0 radical (unpaired) electrons. The summed E-state index contributed by atoms with van der Waals surface area (Å²) in [7, 11) is 0. The summed E-state index contributed by atoms with van der Waals surface area (Å²) in [5.41, 5.74) is 0. The number of aliphatic hydroxyl groups is 2. The lowest BCUT2D eigenvalue weighted by atomic mass is 10.0. The Bertz CT molecular complexity index is 639. The molecule has 0 heterocycles. The Morgan fingerprint density at radius 2 is 1.02 bits per heavy atom. The average Bonchev–Trinajstić information content (AvgIpc) is 2.92. The number of rotatable bonds is 29. The van der Waals surface area contributed by atoms with Crippen LogP contribution in [0, 0.1) is 0 Å². The number of amides is 1. The van der Waals surface area contributed by atoms with Gasteiger partial charge in [-0.1, -0.05) is 117 Å². The van der Waals surface area contributed by atoms with Gasteiger partial charge in [0.25, 0.3) is 0 Å². The second kappa shape index (κ2) is 26.1. The maximum Gasteiger partial charge on any atom is 0.471 e. The highest BCUT2D eigenvalue weighted by atomic mass is 19.4. The molecular weight excluding hydrogens is 549 g/mol. The van der Waals surface area contributed by atoms with Crippen LogP contribution in [0.5, 0.6) is 0 Å². The van der Waals surface area contributed by atoms with Gasteiger partial charge in [-0.25, -0.2) is 4.79 Å². The van der Waals surface area contributed by atoms with Crippen LogP contribution in [-0.4, -0.2) is 76.2 Å². The third kappa shape index (κ3) is 24.1. The van der Waals surface area contributed by atoms with Crippen LogP contribution in [0.25, 0.3) is 0 Å². The van der Waals surface area contributed by atoms with Crippen LogP contribution < -0.4 is 5.32 Å². The number of nitrogens with one attached hydrogen (secondary N) is 1. The van der Waals surface area contributed by atoms with E-state index in [0.717, 1.165) is 38.5 Å². The van der Waals surface area contributed by atoms with Gasteiger partial charge in [0.1, 0.15) is 6.04 Å². The molecule has 0 aliphatic carbocycles. The van der Waals surface area contributed by atoms with Gasteiger partial charge in [-0.15, -0.1) is 0 Å². The number of carbonyl (C=O) groups excluding carboxylic acids is 1. The first-order chi connectivity index (χ1) is 20.0. The van der Waals surface area contributed by atoms with Gasteiger partial charge in [0, 0.05) is 13.1 Å². The number of alkyl halides is 3. The second-order valence-electron chi connectivity index (χ2n) is 12.0. The molecule has 1 amide bonds. The first kappa shape index (κ1) is 40.6. The number of carbonyl (C=O) groups is 2. The second-order valence-corrected chi connectivity index (χ2v) is 12.0. The van der Waals surface area contributed by atoms with E-state index >= 15 is 0 Å². The molecule has 0 aromatic carbocycles. The van der Waals surface area contributed by atoms with Crippen LogP contribution in [0.3, 0.4) is 0 Å². The van der Waals surface area contributed by atoms with Crippen molar-refractivity contribution in [2.75, 3.05) is 19.6 Å². The minimum absolute atomic E-state index is 0.132. The minimum atomic E-state index is -5.14. The fourth-order valence-corrected chi connectivity index (χ4v) is 5.24. The Balaban J connectivity index is 4.66. The number of carboxylic acid groups (broad SMARTS) is 1. The van der Waals surface area contributed by atoms with Crippen molar-refractivity contribution in [3.63, 3.8) is 0 Å². The van der Waals surface area contributed by atoms with Crippen LogP contribution in [0.1, 0.15) is 149 Å². The van der Waals surface area contributed by atoms with Crippen molar-refractivity contribution in [3.8, 4) is 0 Å². The number of nitrogens with zero attached hydrogens (tertiary/aromatic N) is 1. The summed E-state index contributed by atoms with van der Waals surface area (Å²) in [6.45, 7) is 5.65. The van der Waals surface area contributed by atoms with Gasteiger partial charge in [0.15, 0.2) is 0 Å². The van der Waals surface area contributed by atoms with E-state index in [9.17, 15) is 38.1 Å². The highest BCUT2D eigenvalue weighted by Crippen LogP contribution is 2.17. The van der Waals surface area contributed by atoms with Crippen molar-refractivity contribution in [1.82, 2.24) is 10.2 Å². The predicted octanol–water partition coefficient (Wildman–Crippen LogP) is 7.37. The number of aliphatic hydroxyl groups excluding tert-OH is 2. The van der Waals surface area contributed by atoms with E-state index in [4.69, 9.17) is 0 Å². The fourth-order valence-electron chi connectivity index (χ4n) is 5.24. The molecule has 0 aromatic rings. The van der Waals surface area contributed by atoms with Crippen molar-refractivity contribution in [2.24, 2.45) is 0 Å². The number of halogens is 3. The van der Waals surface area contributed by atoms with Gasteiger partial charge in [0.05, 0.1) is 12.2 Å². The van der Waals surface area contributed by atoms with Crippen LogP contribution in [0.15, 0.2) is 0 Å².